The molecule has 0 saturated carbocycles. The second-order valence-electron chi connectivity index (χ2n) is 6.71. The average Bonchev–Trinajstić information content (AvgIpc) is 2.82. The maximum Gasteiger partial charge on any atom is 0.337 e. The van der Waals surface area contributed by atoms with Gasteiger partial charge in [-0.3, -0.25) is 4.79 Å². The lowest BCUT2D eigenvalue weighted by Crippen LogP contribution is -2.25. The molecule has 3 aromatic rings. The van der Waals surface area contributed by atoms with Crippen LogP contribution in [-0.2, 0) is 27.8 Å². The van der Waals surface area contributed by atoms with Crippen molar-refractivity contribution in [3.63, 3.8) is 0 Å². The smallest absolute Gasteiger partial charge is 0.337 e. The monoisotopic (exact) mass is 438 g/mol. The van der Waals surface area contributed by atoms with Crippen LogP contribution in [0.1, 0.15) is 31.8 Å². The molecule has 3 rings (SSSR count). The zero-order valence-electron chi connectivity index (χ0n) is 16.9. The van der Waals surface area contributed by atoms with Crippen molar-refractivity contribution < 1.29 is 22.7 Å². The molecule has 8 heteroatoms. The highest BCUT2D eigenvalue weighted by atomic mass is 32.2. The van der Waals surface area contributed by atoms with E-state index in [1.807, 2.05) is 30.3 Å². The summed E-state index contributed by atoms with van der Waals surface area (Å²) < 4.78 is 32.4. The predicted octanol–water partition coefficient (Wildman–Crippen LogP) is 2.88. The van der Waals surface area contributed by atoms with Crippen LogP contribution in [0.4, 0.5) is 0 Å². The van der Waals surface area contributed by atoms with E-state index in [2.05, 4.69) is 14.8 Å². The van der Waals surface area contributed by atoms with E-state index in [0.717, 1.165) is 11.1 Å². The lowest BCUT2D eigenvalue weighted by Gasteiger charge is -2.09. The van der Waals surface area contributed by atoms with Gasteiger partial charge in [0.2, 0.25) is 10.0 Å². The van der Waals surface area contributed by atoms with E-state index in [1.165, 1.54) is 25.3 Å². The minimum Gasteiger partial charge on any atom is -0.465 e. The molecule has 7 nitrogen and oxygen atoms in total. The first kappa shape index (κ1) is 22.2. The highest BCUT2D eigenvalue weighted by molar-refractivity contribution is 7.89. The molecule has 0 radical (unpaired) electrons. The van der Waals surface area contributed by atoms with Gasteiger partial charge < -0.3 is 10.1 Å². The fourth-order valence-corrected chi connectivity index (χ4v) is 3.89. The van der Waals surface area contributed by atoms with E-state index in [4.69, 9.17) is 0 Å². The van der Waals surface area contributed by atoms with Crippen molar-refractivity contribution in [1.82, 2.24) is 10.0 Å². The Balaban J connectivity index is 1.63. The second-order valence-corrected chi connectivity index (χ2v) is 8.48. The molecule has 0 heterocycles. The topological polar surface area (TPSA) is 102 Å². The number of sulfonamides is 1. The van der Waals surface area contributed by atoms with Crippen molar-refractivity contribution >= 4 is 21.9 Å². The number of hydrogen-bond donors (Lipinski definition) is 2. The van der Waals surface area contributed by atoms with Crippen LogP contribution in [0.2, 0.25) is 0 Å². The van der Waals surface area contributed by atoms with Crippen molar-refractivity contribution in [3.05, 3.63) is 101 Å². The van der Waals surface area contributed by atoms with Gasteiger partial charge in [0.25, 0.3) is 5.91 Å². The molecule has 0 spiro atoms. The van der Waals surface area contributed by atoms with E-state index in [9.17, 15) is 18.0 Å². The summed E-state index contributed by atoms with van der Waals surface area (Å²) >= 11 is 0. The van der Waals surface area contributed by atoms with E-state index >= 15 is 0 Å². The Kier molecular flexibility index (Phi) is 7.17. The molecule has 0 atom stereocenters. The van der Waals surface area contributed by atoms with Gasteiger partial charge >= 0.3 is 5.97 Å². The van der Waals surface area contributed by atoms with Gasteiger partial charge in [-0.15, -0.1) is 0 Å². The SMILES string of the molecule is COC(=O)c1ccc(CNC(=O)c2cccc(S(=O)(=O)NCc3ccccc3)c2)cc1. The molecule has 0 unspecified atom stereocenters. The Morgan fingerprint density at radius 2 is 1.48 bits per heavy atom. The first-order chi connectivity index (χ1) is 14.9. The summed E-state index contributed by atoms with van der Waals surface area (Å²) in [6.45, 7) is 0.380. The summed E-state index contributed by atoms with van der Waals surface area (Å²) in [4.78, 5) is 24.0. The minimum atomic E-state index is -3.77. The second kappa shape index (κ2) is 10.0. The summed E-state index contributed by atoms with van der Waals surface area (Å²) in [5.41, 5.74) is 2.26. The molecule has 0 aliphatic rings. The van der Waals surface area contributed by atoms with Crippen LogP contribution in [0.25, 0.3) is 0 Å². The van der Waals surface area contributed by atoms with E-state index < -0.39 is 21.9 Å². The number of rotatable bonds is 8. The maximum atomic E-state index is 12.6. The first-order valence-corrected chi connectivity index (χ1v) is 11.0. The van der Waals surface area contributed by atoms with Crippen molar-refractivity contribution in [1.29, 1.82) is 0 Å². The largest absolute Gasteiger partial charge is 0.465 e. The number of nitrogens with one attached hydrogen (secondary N) is 2. The van der Waals surface area contributed by atoms with E-state index in [0.29, 0.717) is 5.56 Å². The zero-order chi connectivity index (χ0) is 22.3. The Labute approximate surface area is 181 Å². The quantitative estimate of drug-likeness (QED) is 0.527. The van der Waals surface area contributed by atoms with Gasteiger partial charge in [-0.1, -0.05) is 48.5 Å². The molecule has 0 bridgehead atoms. The van der Waals surface area contributed by atoms with Crippen LogP contribution in [-0.4, -0.2) is 27.4 Å². The van der Waals surface area contributed by atoms with E-state index in [1.54, 1.807) is 30.3 Å². The third-order valence-corrected chi connectivity index (χ3v) is 5.94. The zero-order valence-corrected chi connectivity index (χ0v) is 17.7. The summed E-state index contributed by atoms with van der Waals surface area (Å²) in [5.74, 6) is -0.841. The van der Waals surface area contributed by atoms with Gasteiger partial charge in [0, 0.05) is 18.7 Å². The molecule has 0 saturated heterocycles. The molecular formula is C23H22N2O5S. The summed E-state index contributed by atoms with van der Waals surface area (Å²) in [6.07, 6.45) is 0. The standard InChI is InChI=1S/C23H22N2O5S/c1-30-23(27)19-12-10-18(11-13-19)15-24-22(26)20-8-5-9-21(14-20)31(28,29)25-16-17-6-3-2-4-7-17/h2-14,25H,15-16H2,1H3,(H,24,26). The van der Waals surface area contributed by atoms with Gasteiger partial charge in [0.15, 0.2) is 0 Å². The Bertz CT molecular complexity index is 1160. The number of amides is 1. The summed E-state index contributed by atoms with van der Waals surface area (Å²) in [6, 6.07) is 21.7. The molecule has 31 heavy (non-hydrogen) atoms. The van der Waals surface area contributed by atoms with Gasteiger partial charge in [0.05, 0.1) is 17.6 Å². The average molecular weight is 439 g/mol. The number of benzene rings is 3. The molecular weight excluding hydrogens is 416 g/mol. The third kappa shape index (κ3) is 6.00. The number of hydrogen-bond acceptors (Lipinski definition) is 5. The van der Waals surface area contributed by atoms with Crippen LogP contribution in [0, 0.1) is 0 Å². The van der Waals surface area contributed by atoms with Crippen LogP contribution in [0.15, 0.2) is 83.8 Å². The van der Waals surface area contributed by atoms with Crippen molar-refractivity contribution in [3.8, 4) is 0 Å². The summed E-state index contributed by atoms with van der Waals surface area (Å²) in [7, 11) is -2.46. The fourth-order valence-electron chi connectivity index (χ4n) is 2.82. The van der Waals surface area contributed by atoms with Crippen LogP contribution >= 0.6 is 0 Å². The molecule has 0 aliphatic heterocycles. The molecule has 2 N–H and O–H groups in total. The number of carbonyl (C=O) groups excluding carboxylic acids is 2. The number of ether oxygens (including phenoxy) is 1. The Morgan fingerprint density at radius 3 is 2.16 bits per heavy atom. The van der Waals surface area contributed by atoms with Gasteiger partial charge in [-0.25, -0.2) is 17.9 Å². The van der Waals surface area contributed by atoms with Gasteiger partial charge in [-0.05, 0) is 41.5 Å². The highest BCUT2D eigenvalue weighted by Crippen LogP contribution is 2.13. The van der Waals surface area contributed by atoms with Gasteiger partial charge in [0.1, 0.15) is 0 Å². The number of esters is 1. The van der Waals surface area contributed by atoms with Crippen molar-refractivity contribution in [2.24, 2.45) is 0 Å². The first-order valence-electron chi connectivity index (χ1n) is 9.48. The lowest BCUT2D eigenvalue weighted by molar-refractivity contribution is 0.0600. The maximum absolute atomic E-state index is 12.6. The Hall–Kier alpha value is -3.49. The minimum absolute atomic E-state index is 0.0125. The fraction of sp³-hybridized carbons (Fsp3) is 0.130. The van der Waals surface area contributed by atoms with Crippen molar-refractivity contribution in [2.45, 2.75) is 18.0 Å². The Morgan fingerprint density at radius 1 is 0.806 bits per heavy atom. The third-order valence-electron chi connectivity index (χ3n) is 4.54. The van der Waals surface area contributed by atoms with E-state index in [-0.39, 0.29) is 23.5 Å². The number of methoxy groups -OCH3 is 1. The van der Waals surface area contributed by atoms with Gasteiger partial charge in [-0.2, -0.15) is 0 Å². The molecule has 0 aliphatic carbocycles. The predicted molar refractivity (Wildman–Crippen MR) is 116 cm³/mol. The number of carbonyl (C=O) groups is 2. The highest BCUT2D eigenvalue weighted by Gasteiger charge is 2.16. The molecule has 3 aromatic carbocycles. The molecule has 1 amide bonds. The van der Waals surface area contributed by atoms with Crippen LogP contribution < -0.4 is 10.0 Å². The molecule has 0 fully saturated rings. The lowest BCUT2D eigenvalue weighted by atomic mass is 10.1. The van der Waals surface area contributed by atoms with Crippen LogP contribution in [0.5, 0.6) is 0 Å². The molecule has 160 valence electrons. The summed E-state index contributed by atoms with van der Waals surface area (Å²) in [5, 5.41) is 2.74. The van der Waals surface area contributed by atoms with Crippen LogP contribution in [0.3, 0.4) is 0 Å². The normalized spacial score (nSPS) is 11.0. The molecule has 0 aromatic heterocycles. The van der Waals surface area contributed by atoms with Crippen molar-refractivity contribution in [2.75, 3.05) is 7.11 Å².